The van der Waals surface area contributed by atoms with E-state index in [4.69, 9.17) is 4.74 Å². The highest BCUT2D eigenvalue weighted by molar-refractivity contribution is 8.05. The molecule has 1 aliphatic heterocycles. The standard InChI is InChI=1S/C22H24N2O2S/c1-4-6-17-13-16(9-12-19(17)26-3)14-20-21(25)24-22(27-20)23-18-10-7-15(5-2)8-11-18/h4,7-14,22-23H,1,5-6H2,2-3H3,(H,24,25)/b20-14-/t22-/m1/s1. The van der Waals surface area contributed by atoms with E-state index >= 15 is 0 Å². The summed E-state index contributed by atoms with van der Waals surface area (Å²) in [4.78, 5) is 13.0. The van der Waals surface area contributed by atoms with Gasteiger partial charge in [0.25, 0.3) is 5.91 Å². The number of ether oxygens (including phenoxy) is 1. The molecule has 2 aromatic carbocycles. The zero-order chi connectivity index (χ0) is 19.2. The van der Waals surface area contributed by atoms with Gasteiger partial charge in [-0.25, -0.2) is 0 Å². The number of carbonyl (C=O) groups excluding carboxylic acids is 1. The fraction of sp³-hybridized carbons (Fsp3) is 0.227. The van der Waals surface area contributed by atoms with Gasteiger partial charge in [0.1, 0.15) is 5.75 Å². The fourth-order valence-electron chi connectivity index (χ4n) is 2.91. The Labute approximate surface area is 164 Å². The first-order chi connectivity index (χ1) is 13.1. The van der Waals surface area contributed by atoms with Gasteiger partial charge in [-0.05, 0) is 59.9 Å². The second kappa shape index (κ2) is 8.82. The predicted octanol–water partition coefficient (Wildman–Crippen LogP) is 4.59. The number of rotatable bonds is 7. The zero-order valence-corrected chi connectivity index (χ0v) is 16.4. The van der Waals surface area contributed by atoms with E-state index < -0.39 is 0 Å². The van der Waals surface area contributed by atoms with Crippen molar-refractivity contribution in [1.29, 1.82) is 0 Å². The van der Waals surface area contributed by atoms with E-state index in [1.165, 1.54) is 17.3 Å². The van der Waals surface area contributed by atoms with Gasteiger partial charge in [0.15, 0.2) is 5.50 Å². The molecular formula is C22H24N2O2S. The monoisotopic (exact) mass is 380 g/mol. The first kappa shape index (κ1) is 19.1. The molecule has 0 unspecified atom stereocenters. The molecule has 5 heteroatoms. The lowest BCUT2D eigenvalue weighted by Gasteiger charge is -2.12. The Balaban J connectivity index is 1.72. The van der Waals surface area contributed by atoms with E-state index in [2.05, 4.69) is 36.3 Å². The third-order valence-electron chi connectivity index (χ3n) is 4.36. The van der Waals surface area contributed by atoms with Crippen LogP contribution in [0.25, 0.3) is 6.08 Å². The van der Waals surface area contributed by atoms with Crippen molar-refractivity contribution in [2.45, 2.75) is 25.3 Å². The van der Waals surface area contributed by atoms with E-state index in [-0.39, 0.29) is 11.4 Å². The summed E-state index contributed by atoms with van der Waals surface area (Å²) in [5.74, 6) is 0.763. The Morgan fingerprint density at radius 2 is 2.04 bits per heavy atom. The molecule has 1 fully saturated rings. The summed E-state index contributed by atoms with van der Waals surface area (Å²) in [5.41, 5.74) is 4.12. The summed E-state index contributed by atoms with van der Waals surface area (Å²) in [6.07, 6.45) is 5.48. The van der Waals surface area contributed by atoms with E-state index in [0.717, 1.165) is 35.4 Å². The molecule has 2 aromatic rings. The molecule has 0 aliphatic carbocycles. The van der Waals surface area contributed by atoms with Crippen molar-refractivity contribution in [1.82, 2.24) is 5.32 Å². The maximum atomic E-state index is 12.3. The fourth-order valence-corrected chi connectivity index (χ4v) is 3.89. The lowest BCUT2D eigenvalue weighted by Crippen LogP contribution is -2.30. The van der Waals surface area contributed by atoms with Gasteiger partial charge >= 0.3 is 0 Å². The number of benzene rings is 2. The van der Waals surface area contributed by atoms with Gasteiger partial charge in [-0.1, -0.05) is 43.0 Å². The number of thioether (sulfide) groups is 1. The number of aryl methyl sites for hydroxylation is 1. The summed E-state index contributed by atoms with van der Waals surface area (Å²) >= 11 is 1.49. The molecule has 1 heterocycles. The quantitative estimate of drug-likeness (QED) is 0.545. The van der Waals surface area contributed by atoms with Crippen LogP contribution in [0.4, 0.5) is 5.69 Å². The van der Waals surface area contributed by atoms with Gasteiger partial charge in [0.2, 0.25) is 0 Å². The van der Waals surface area contributed by atoms with Crippen LogP contribution < -0.4 is 15.4 Å². The van der Waals surface area contributed by atoms with Gasteiger partial charge in [0.05, 0.1) is 12.0 Å². The molecule has 4 nitrogen and oxygen atoms in total. The predicted molar refractivity (Wildman–Crippen MR) is 114 cm³/mol. The van der Waals surface area contributed by atoms with Crippen molar-refractivity contribution in [2.24, 2.45) is 0 Å². The van der Waals surface area contributed by atoms with Gasteiger partial charge < -0.3 is 15.4 Å². The van der Waals surface area contributed by atoms with E-state index in [0.29, 0.717) is 4.91 Å². The largest absolute Gasteiger partial charge is 0.496 e. The van der Waals surface area contributed by atoms with Crippen LogP contribution in [0, 0.1) is 0 Å². The molecule has 140 valence electrons. The topological polar surface area (TPSA) is 50.4 Å². The SMILES string of the molecule is C=CCc1cc(/C=C2\S[C@H](Nc3ccc(CC)cc3)NC2=O)ccc1OC. The molecule has 0 saturated carbocycles. The summed E-state index contributed by atoms with van der Waals surface area (Å²) in [6.45, 7) is 5.92. The van der Waals surface area contributed by atoms with E-state index in [1.54, 1.807) is 7.11 Å². The van der Waals surface area contributed by atoms with Crippen LogP contribution in [0.1, 0.15) is 23.6 Å². The summed E-state index contributed by atoms with van der Waals surface area (Å²) in [7, 11) is 1.66. The zero-order valence-electron chi connectivity index (χ0n) is 15.6. The Morgan fingerprint density at radius 1 is 1.26 bits per heavy atom. The van der Waals surface area contributed by atoms with Crippen molar-refractivity contribution in [2.75, 3.05) is 12.4 Å². The second-order valence-corrected chi connectivity index (χ2v) is 7.39. The van der Waals surface area contributed by atoms with Crippen molar-refractivity contribution in [3.05, 3.63) is 76.7 Å². The van der Waals surface area contributed by atoms with E-state index in [1.807, 2.05) is 42.5 Å². The Hall–Kier alpha value is -2.66. The minimum Gasteiger partial charge on any atom is -0.496 e. The van der Waals surface area contributed by atoms with Crippen molar-refractivity contribution >= 4 is 29.4 Å². The Morgan fingerprint density at radius 3 is 2.70 bits per heavy atom. The third-order valence-corrected chi connectivity index (χ3v) is 5.39. The van der Waals surface area contributed by atoms with Crippen LogP contribution in [-0.2, 0) is 17.6 Å². The van der Waals surface area contributed by atoms with Gasteiger partial charge in [-0.15, -0.1) is 6.58 Å². The van der Waals surface area contributed by atoms with Crippen LogP contribution in [0.15, 0.2) is 60.0 Å². The number of methoxy groups -OCH3 is 1. The molecule has 2 N–H and O–H groups in total. The minimum absolute atomic E-state index is 0.0660. The number of carbonyl (C=O) groups is 1. The van der Waals surface area contributed by atoms with Crippen LogP contribution in [0.5, 0.6) is 5.75 Å². The van der Waals surface area contributed by atoms with Gasteiger partial charge in [-0.3, -0.25) is 4.79 Å². The highest BCUT2D eigenvalue weighted by Gasteiger charge is 2.27. The number of hydrogen-bond acceptors (Lipinski definition) is 4. The molecule has 0 bridgehead atoms. The maximum Gasteiger partial charge on any atom is 0.260 e. The van der Waals surface area contributed by atoms with Crippen molar-refractivity contribution < 1.29 is 9.53 Å². The first-order valence-electron chi connectivity index (χ1n) is 8.95. The van der Waals surface area contributed by atoms with E-state index in [9.17, 15) is 4.79 Å². The maximum absolute atomic E-state index is 12.3. The summed E-state index contributed by atoms with van der Waals surface area (Å²) in [5, 5.41) is 6.31. The average molecular weight is 381 g/mol. The lowest BCUT2D eigenvalue weighted by atomic mass is 10.1. The van der Waals surface area contributed by atoms with Crippen LogP contribution in [0.2, 0.25) is 0 Å². The lowest BCUT2D eigenvalue weighted by molar-refractivity contribution is -0.116. The normalized spacial score (nSPS) is 17.6. The van der Waals surface area contributed by atoms with Crippen LogP contribution in [0.3, 0.4) is 0 Å². The molecule has 27 heavy (non-hydrogen) atoms. The minimum atomic E-state index is -0.179. The highest BCUT2D eigenvalue weighted by Crippen LogP contribution is 2.31. The molecular weight excluding hydrogens is 356 g/mol. The number of hydrogen-bond donors (Lipinski definition) is 2. The third kappa shape index (κ3) is 4.74. The summed E-state index contributed by atoms with van der Waals surface area (Å²) in [6, 6.07) is 14.2. The smallest absolute Gasteiger partial charge is 0.260 e. The average Bonchev–Trinajstić information content (AvgIpc) is 3.02. The van der Waals surface area contributed by atoms with Crippen LogP contribution in [-0.4, -0.2) is 18.5 Å². The molecule has 0 aromatic heterocycles. The molecule has 3 rings (SSSR count). The Bertz CT molecular complexity index is 859. The first-order valence-corrected chi connectivity index (χ1v) is 9.83. The molecule has 0 spiro atoms. The number of anilines is 1. The Kier molecular flexibility index (Phi) is 6.24. The number of nitrogens with one attached hydrogen (secondary N) is 2. The second-order valence-electron chi connectivity index (χ2n) is 6.24. The number of allylic oxidation sites excluding steroid dienone is 1. The highest BCUT2D eigenvalue weighted by atomic mass is 32.2. The van der Waals surface area contributed by atoms with Gasteiger partial charge in [-0.2, -0.15) is 0 Å². The van der Waals surface area contributed by atoms with Crippen LogP contribution >= 0.6 is 11.8 Å². The molecule has 1 saturated heterocycles. The molecule has 1 aliphatic rings. The molecule has 1 atom stereocenters. The van der Waals surface area contributed by atoms with Gasteiger partial charge in [0, 0.05) is 5.69 Å². The summed E-state index contributed by atoms with van der Waals surface area (Å²) < 4.78 is 5.38. The molecule has 0 radical (unpaired) electrons. The molecule has 1 amide bonds. The van der Waals surface area contributed by atoms with Crippen molar-refractivity contribution in [3.63, 3.8) is 0 Å². The van der Waals surface area contributed by atoms with Crippen molar-refractivity contribution in [3.8, 4) is 5.75 Å². The number of amides is 1.